The number of aromatic nitrogens is 1. The molecule has 2 atom stereocenters. The molecule has 0 aliphatic heterocycles. The quantitative estimate of drug-likeness (QED) is 0.531. The summed E-state index contributed by atoms with van der Waals surface area (Å²) in [7, 11) is 0. The molecule has 5 aliphatic rings. The van der Waals surface area contributed by atoms with Gasteiger partial charge in [0.1, 0.15) is 0 Å². The number of alkyl halides is 1. The lowest BCUT2D eigenvalue weighted by molar-refractivity contribution is -0.144. The SMILES string of the molecule is O=C(NCCCc1nc2c(s1)CCCC2)C12CC3CC(CC(Br)(C3)C1)C2. The summed E-state index contributed by atoms with van der Waals surface area (Å²) in [5.41, 5.74) is 1.28. The van der Waals surface area contributed by atoms with Crippen LogP contribution >= 0.6 is 27.3 Å². The van der Waals surface area contributed by atoms with Crippen LogP contribution in [-0.4, -0.2) is 21.8 Å². The third kappa shape index (κ3) is 3.17. The zero-order valence-corrected chi connectivity index (χ0v) is 17.9. The minimum atomic E-state index is -0.0755. The van der Waals surface area contributed by atoms with Crippen molar-refractivity contribution < 1.29 is 4.79 Å². The minimum absolute atomic E-state index is 0.0755. The maximum Gasteiger partial charge on any atom is 0.226 e. The molecule has 142 valence electrons. The first kappa shape index (κ1) is 17.7. The van der Waals surface area contributed by atoms with E-state index in [0.717, 1.165) is 50.5 Å². The fourth-order valence-electron chi connectivity index (χ4n) is 6.56. The molecule has 0 spiro atoms. The van der Waals surface area contributed by atoms with E-state index in [1.165, 1.54) is 60.5 Å². The van der Waals surface area contributed by atoms with E-state index in [2.05, 4.69) is 21.2 Å². The number of amides is 1. The van der Waals surface area contributed by atoms with Gasteiger partial charge in [0.25, 0.3) is 0 Å². The Morgan fingerprint density at radius 1 is 1.19 bits per heavy atom. The van der Waals surface area contributed by atoms with E-state index in [4.69, 9.17) is 4.98 Å². The van der Waals surface area contributed by atoms with E-state index in [9.17, 15) is 4.79 Å². The lowest BCUT2D eigenvalue weighted by Gasteiger charge is -2.59. The normalized spacial score (nSPS) is 37.6. The fourth-order valence-corrected chi connectivity index (χ4v) is 9.21. The number of carbonyl (C=O) groups is 1. The summed E-state index contributed by atoms with van der Waals surface area (Å²) in [6, 6.07) is 0. The standard InChI is InChI=1S/C21H29BrN2OS/c22-21-11-14-8-15(12-21)10-20(9-14,13-21)19(25)23-7-3-6-18-24-16-4-1-2-5-17(16)26-18/h14-15H,1-13H2,(H,23,25). The molecule has 6 rings (SSSR count). The Kier molecular flexibility index (Phi) is 4.47. The third-order valence-electron chi connectivity index (χ3n) is 7.21. The van der Waals surface area contributed by atoms with Crippen molar-refractivity contribution in [3.05, 3.63) is 15.6 Å². The van der Waals surface area contributed by atoms with Crippen LogP contribution in [0.15, 0.2) is 0 Å². The Balaban J connectivity index is 1.15. The van der Waals surface area contributed by atoms with E-state index < -0.39 is 0 Å². The second kappa shape index (κ2) is 6.58. The van der Waals surface area contributed by atoms with Crippen molar-refractivity contribution in [2.24, 2.45) is 17.3 Å². The number of aryl methyl sites for hydroxylation is 3. The van der Waals surface area contributed by atoms with Crippen molar-refractivity contribution in [3.8, 4) is 0 Å². The van der Waals surface area contributed by atoms with Gasteiger partial charge in [-0.15, -0.1) is 11.3 Å². The molecule has 26 heavy (non-hydrogen) atoms. The summed E-state index contributed by atoms with van der Waals surface area (Å²) >= 11 is 5.93. The number of halogens is 1. The van der Waals surface area contributed by atoms with Crippen LogP contribution in [0.4, 0.5) is 0 Å². The molecule has 2 unspecified atom stereocenters. The van der Waals surface area contributed by atoms with E-state index in [0.29, 0.717) is 5.91 Å². The Morgan fingerprint density at radius 2 is 1.96 bits per heavy atom. The monoisotopic (exact) mass is 436 g/mol. The highest BCUT2D eigenvalue weighted by Gasteiger charge is 2.59. The predicted octanol–water partition coefficient (Wildman–Crippen LogP) is 4.80. The molecule has 0 radical (unpaired) electrons. The van der Waals surface area contributed by atoms with Gasteiger partial charge in [0, 0.05) is 22.2 Å². The van der Waals surface area contributed by atoms with Gasteiger partial charge in [-0.05, 0) is 82.5 Å². The third-order valence-corrected chi connectivity index (χ3v) is 9.36. The molecule has 1 N–H and O–H groups in total. The Bertz CT molecular complexity index is 677. The molecular formula is C21H29BrN2OS. The lowest BCUT2D eigenvalue weighted by Crippen LogP contribution is -2.58. The summed E-state index contributed by atoms with van der Waals surface area (Å²) in [4.78, 5) is 19.4. The van der Waals surface area contributed by atoms with Crippen LogP contribution in [0.3, 0.4) is 0 Å². The van der Waals surface area contributed by atoms with E-state index in [-0.39, 0.29) is 9.74 Å². The van der Waals surface area contributed by atoms with Crippen molar-refractivity contribution >= 4 is 33.2 Å². The average Bonchev–Trinajstić information content (AvgIpc) is 2.99. The fraction of sp³-hybridized carbons (Fsp3) is 0.810. The summed E-state index contributed by atoms with van der Waals surface area (Å²) < 4.78 is 0.258. The molecule has 4 fully saturated rings. The average molecular weight is 437 g/mol. The van der Waals surface area contributed by atoms with E-state index >= 15 is 0 Å². The summed E-state index contributed by atoms with van der Waals surface area (Å²) in [6.07, 6.45) is 14.3. The highest BCUT2D eigenvalue weighted by Crippen LogP contribution is 2.64. The van der Waals surface area contributed by atoms with Crippen LogP contribution in [0, 0.1) is 17.3 Å². The molecule has 1 aromatic heterocycles. The van der Waals surface area contributed by atoms with Crippen LogP contribution in [-0.2, 0) is 24.1 Å². The first-order chi connectivity index (χ1) is 12.5. The van der Waals surface area contributed by atoms with Crippen LogP contribution in [0.1, 0.15) is 73.4 Å². The number of thiazole rings is 1. The van der Waals surface area contributed by atoms with Gasteiger partial charge in [-0.25, -0.2) is 4.98 Å². The van der Waals surface area contributed by atoms with Crippen LogP contribution in [0.25, 0.3) is 0 Å². The summed E-state index contributed by atoms with van der Waals surface area (Å²) in [5, 5.41) is 4.58. The summed E-state index contributed by atoms with van der Waals surface area (Å²) in [5.74, 6) is 1.87. The van der Waals surface area contributed by atoms with E-state index in [1.807, 2.05) is 11.3 Å². The van der Waals surface area contributed by atoms with Gasteiger partial charge in [-0.2, -0.15) is 0 Å². The van der Waals surface area contributed by atoms with Crippen LogP contribution in [0.5, 0.6) is 0 Å². The second-order valence-corrected chi connectivity index (χ2v) is 12.3. The molecule has 5 heteroatoms. The maximum absolute atomic E-state index is 13.1. The molecular weight excluding hydrogens is 408 g/mol. The molecule has 4 bridgehead atoms. The van der Waals surface area contributed by atoms with Crippen molar-refractivity contribution in [1.29, 1.82) is 0 Å². The minimum Gasteiger partial charge on any atom is -0.356 e. The van der Waals surface area contributed by atoms with Crippen LogP contribution in [0.2, 0.25) is 0 Å². The smallest absolute Gasteiger partial charge is 0.226 e. The van der Waals surface area contributed by atoms with Gasteiger partial charge in [0.15, 0.2) is 0 Å². The molecule has 0 aromatic carbocycles. The maximum atomic E-state index is 13.1. The molecule has 1 amide bonds. The molecule has 3 nitrogen and oxygen atoms in total. The van der Waals surface area contributed by atoms with Gasteiger partial charge in [0.05, 0.1) is 16.1 Å². The van der Waals surface area contributed by atoms with Crippen molar-refractivity contribution in [1.82, 2.24) is 10.3 Å². The number of fused-ring (bicyclic) bond motifs is 1. The first-order valence-electron chi connectivity index (χ1n) is 10.5. The van der Waals surface area contributed by atoms with Gasteiger partial charge in [-0.1, -0.05) is 15.9 Å². The van der Waals surface area contributed by atoms with Gasteiger partial charge in [-0.3, -0.25) is 4.79 Å². The predicted molar refractivity (Wildman–Crippen MR) is 109 cm³/mol. The number of nitrogens with one attached hydrogen (secondary N) is 1. The zero-order chi connectivity index (χ0) is 17.8. The first-order valence-corrected chi connectivity index (χ1v) is 12.1. The molecule has 1 heterocycles. The van der Waals surface area contributed by atoms with Crippen molar-refractivity contribution in [3.63, 3.8) is 0 Å². The number of hydrogen-bond acceptors (Lipinski definition) is 3. The molecule has 4 saturated carbocycles. The Morgan fingerprint density at radius 3 is 2.69 bits per heavy atom. The van der Waals surface area contributed by atoms with Gasteiger partial charge in [0.2, 0.25) is 5.91 Å². The topological polar surface area (TPSA) is 42.0 Å². The zero-order valence-electron chi connectivity index (χ0n) is 15.5. The van der Waals surface area contributed by atoms with Crippen molar-refractivity contribution in [2.75, 3.05) is 6.54 Å². The number of hydrogen-bond donors (Lipinski definition) is 1. The summed E-state index contributed by atoms with van der Waals surface area (Å²) in [6.45, 7) is 0.801. The Hall–Kier alpha value is -0.420. The Labute approximate surface area is 168 Å². The molecule has 0 saturated heterocycles. The van der Waals surface area contributed by atoms with Gasteiger partial charge >= 0.3 is 0 Å². The van der Waals surface area contributed by atoms with Crippen LogP contribution < -0.4 is 5.32 Å². The molecule has 5 aliphatic carbocycles. The number of rotatable bonds is 5. The highest BCUT2D eigenvalue weighted by atomic mass is 79.9. The van der Waals surface area contributed by atoms with Crippen molar-refractivity contribution in [2.45, 2.75) is 81.4 Å². The second-order valence-electron chi connectivity index (χ2n) is 9.44. The number of carbonyl (C=O) groups excluding carboxylic acids is 1. The van der Waals surface area contributed by atoms with E-state index in [1.54, 1.807) is 0 Å². The number of nitrogens with zero attached hydrogens (tertiary/aromatic N) is 1. The lowest BCUT2D eigenvalue weighted by atomic mass is 9.49. The largest absolute Gasteiger partial charge is 0.356 e. The highest BCUT2D eigenvalue weighted by molar-refractivity contribution is 9.10. The molecule has 1 aromatic rings. The van der Waals surface area contributed by atoms with Gasteiger partial charge < -0.3 is 5.32 Å².